The van der Waals surface area contributed by atoms with Crippen LogP contribution in [-0.4, -0.2) is 22.8 Å². The molecule has 0 aromatic heterocycles. The smallest absolute Gasteiger partial charge is 0.328 e. The third-order valence-electron chi connectivity index (χ3n) is 4.15. The Morgan fingerprint density at radius 1 is 1.38 bits per heavy atom. The van der Waals surface area contributed by atoms with Crippen LogP contribution in [0, 0.1) is 12.8 Å². The normalized spacial score (nSPS) is 21.9. The summed E-state index contributed by atoms with van der Waals surface area (Å²) in [5.41, 5.74) is 5.04. The SMILES string of the molecule is Cc1ccc2c(c1C=CC=CC(=O)O)[C@H](C)C[C@H](CO)C2. The molecule has 0 heterocycles. The second-order valence-electron chi connectivity index (χ2n) is 5.81. The first-order valence-electron chi connectivity index (χ1n) is 7.33. The third kappa shape index (κ3) is 3.61. The van der Waals surface area contributed by atoms with Crippen LogP contribution >= 0.6 is 0 Å². The molecule has 1 aliphatic carbocycles. The molecule has 0 saturated carbocycles. The van der Waals surface area contributed by atoms with Crippen LogP contribution in [0.3, 0.4) is 0 Å². The number of carboxylic acid groups (broad SMARTS) is 1. The van der Waals surface area contributed by atoms with Crippen LogP contribution < -0.4 is 0 Å². The molecule has 0 radical (unpaired) electrons. The topological polar surface area (TPSA) is 57.5 Å². The number of carboxylic acids is 1. The van der Waals surface area contributed by atoms with Gasteiger partial charge in [0.1, 0.15) is 0 Å². The van der Waals surface area contributed by atoms with Crippen molar-refractivity contribution in [1.29, 1.82) is 0 Å². The van der Waals surface area contributed by atoms with Gasteiger partial charge in [0.25, 0.3) is 0 Å². The number of hydrogen-bond donors (Lipinski definition) is 2. The number of aliphatic hydroxyl groups excluding tert-OH is 1. The maximum Gasteiger partial charge on any atom is 0.328 e. The fourth-order valence-corrected chi connectivity index (χ4v) is 3.21. The molecule has 21 heavy (non-hydrogen) atoms. The number of allylic oxidation sites excluding steroid dienone is 2. The van der Waals surface area contributed by atoms with Gasteiger partial charge in [-0.25, -0.2) is 4.79 Å². The first kappa shape index (κ1) is 15.5. The second kappa shape index (κ2) is 6.72. The van der Waals surface area contributed by atoms with Crippen LogP contribution in [0.4, 0.5) is 0 Å². The number of carbonyl (C=O) groups is 1. The van der Waals surface area contributed by atoms with Crippen molar-refractivity contribution in [2.45, 2.75) is 32.6 Å². The van der Waals surface area contributed by atoms with Crippen LogP contribution in [0.5, 0.6) is 0 Å². The highest BCUT2D eigenvalue weighted by atomic mass is 16.4. The number of fused-ring (bicyclic) bond motifs is 1. The van der Waals surface area contributed by atoms with E-state index in [2.05, 4.69) is 26.0 Å². The summed E-state index contributed by atoms with van der Waals surface area (Å²) in [5, 5.41) is 18.0. The highest BCUT2D eigenvalue weighted by molar-refractivity contribution is 5.80. The molecule has 3 heteroatoms. The summed E-state index contributed by atoms with van der Waals surface area (Å²) in [6, 6.07) is 4.26. The first-order chi connectivity index (χ1) is 10.0. The highest BCUT2D eigenvalue weighted by Gasteiger charge is 2.25. The highest BCUT2D eigenvalue weighted by Crippen LogP contribution is 2.38. The summed E-state index contributed by atoms with van der Waals surface area (Å²) >= 11 is 0. The lowest BCUT2D eigenvalue weighted by atomic mass is 9.75. The molecule has 1 aromatic carbocycles. The largest absolute Gasteiger partial charge is 0.478 e. The van der Waals surface area contributed by atoms with E-state index in [0.29, 0.717) is 11.8 Å². The fourth-order valence-electron chi connectivity index (χ4n) is 3.21. The molecule has 0 spiro atoms. The van der Waals surface area contributed by atoms with Gasteiger partial charge in [-0.05, 0) is 53.9 Å². The average Bonchev–Trinajstić information content (AvgIpc) is 2.45. The Balaban J connectivity index is 2.36. The lowest BCUT2D eigenvalue weighted by Crippen LogP contribution is -2.21. The molecule has 2 N–H and O–H groups in total. The van der Waals surface area contributed by atoms with E-state index in [1.807, 2.05) is 6.08 Å². The van der Waals surface area contributed by atoms with Gasteiger partial charge >= 0.3 is 5.97 Å². The number of aryl methyl sites for hydroxylation is 1. The number of aliphatic hydroxyl groups is 1. The maximum atomic E-state index is 10.5. The first-order valence-corrected chi connectivity index (χ1v) is 7.33. The Morgan fingerprint density at radius 3 is 2.81 bits per heavy atom. The summed E-state index contributed by atoms with van der Waals surface area (Å²) in [5.74, 6) is -0.182. The molecule has 0 amide bonds. The Kier molecular flexibility index (Phi) is 4.97. The number of aliphatic carboxylic acids is 1. The summed E-state index contributed by atoms with van der Waals surface area (Å²) in [4.78, 5) is 10.5. The third-order valence-corrected chi connectivity index (χ3v) is 4.15. The zero-order chi connectivity index (χ0) is 15.4. The molecule has 0 bridgehead atoms. The van der Waals surface area contributed by atoms with Gasteiger partial charge in [-0.3, -0.25) is 0 Å². The molecular formula is C18H22O3. The van der Waals surface area contributed by atoms with Crippen LogP contribution in [0.25, 0.3) is 6.08 Å². The van der Waals surface area contributed by atoms with E-state index in [-0.39, 0.29) is 6.61 Å². The summed E-state index contributed by atoms with van der Waals surface area (Å²) in [7, 11) is 0. The monoisotopic (exact) mass is 286 g/mol. The minimum absolute atomic E-state index is 0.240. The molecule has 0 saturated heterocycles. The van der Waals surface area contributed by atoms with E-state index in [0.717, 1.165) is 18.9 Å². The van der Waals surface area contributed by atoms with Crippen molar-refractivity contribution in [1.82, 2.24) is 0 Å². The maximum absolute atomic E-state index is 10.5. The minimum atomic E-state index is -0.939. The molecule has 0 fully saturated rings. The van der Waals surface area contributed by atoms with Crippen molar-refractivity contribution in [2.75, 3.05) is 6.61 Å². The number of rotatable bonds is 4. The predicted molar refractivity (Wildman–Crippen MR) is 84.3 cm³/mol. The molecule has 112 valence electrons. The van der Waals surface area contributed by atoms with Gasteiger partial charge in [-0.2, -0.15) is 0 Å². The van der Waals surface area contributed by atoms with Crippen molar-refractivity contribution in [3.63, 3.8) is 0 Å². The van der Waals surface area contributed by atoms with Crippen LogP contribution in [-0.2, 0) is 11.2 Å². The van der Waals surface area contributed by atoms with Gasteiger partial charge in [0.05, 0.1) is 0 Å². The molecule has 0 aliphatic heterocycles. The standard InChI is InChI=1S/C18H22O3/c1-12-7-8-15-10-14(11-19)9-13(2)18(15)16(12)5-3-4-6-17(20)21/h3-8,13-14,19H,9-11H2,1-2H3,(H,20,21)/t13-,14+/m1/s1. The van der Waals surface area contributed by atoms with Crippen molar-refractivity contribution in [3.05, 3.63) is 52.6 Å². The molecule has 3 nitrogen and oxygen atoms in total. The van der Waals surface area contributed by atoms with Gasteiger partial charge in [0.15, 0.2) is 0 Å². The zero-order valence-corrected chi connectivity index (χ0v) is 12.5. The van der Waals surface area contributed by atoms with E-state index in [9.17, 15) is 9.90 Å². The van der Waals surface area contributed by atoms with Gasteiger partial charge in [-0.1, -0.05) is 37.3 Å². The quantitative estimate of drug-likeness (QED) is 0.659. The van der Waals surface area contributed by atoms with E-state index < -0.39 is 5.97 Å². The molecule has 2 atom stereocenters. The Bertz CT molecular complexity index is 584. The van der Waals surface area contributed by atoms with Gasteiger partial charge in [0.2, 0.25) is 0 Å². The van der Waals surface area contributed by atoms with Crippen LogP contribution in [0.2, 0.25) is 0 Å². The van der Waals surface area contributed by atoms with Gasteiger partial charge < -0.3 is 10.2 Å². The van der Waals surface area contributed by atoms with E-state index >= 15 is 0 Å². The van der Waals surface area contributed by atoms with Crippen LogP contribution in [0.1, 0.15) is 41.5 Å². The molecule has 2 rings (SSSR count). The predicted octanol–water partition coefficient (Wildman–Crippen LogP) is 3.31. The van der Waals surface area contributed by atoms with E-state index in [4.69, 9.17) is 5.11 Å². The van der Waals surface area contributed by atoms with Crippen molar-refractivity contribution < 1.29 is 15.0 Å². The zero-order valence-electron chi connectivity index (χ0n) is 12.5. The molecule has 0 unspecified atom stereocenters. The number of hydrogen-bond acceptors (Lipinski definition) is 2. The minimum Gasteiger partial charge on any atom is -0.478 e. The fraction of sp³-hybridized carbons (Fsp3) is 0.389. The van der Waals surface area contributed by atoms with Crippen molar-refractivity contribution in [3.8, 4) is 0 Å². The Morgan fingerprint density at radius 2 is 2.14 bits per heavy atom. The lowest BCUT2D eigenvalue weighted by Gasteiger charge is -2.30. The Labute approximate surface area is 125 Å². The number of benzene rings is 1. The van der Waals surface area contributed by atoms with Gasteiger partial charge in [0, 0.05) is 12.7 Å². The van der Waals surface area contributed by atoms with Gasteiger partial charge in [-0.15, -0.1) is 0 Å². The summed E-state index contributed by atoms with van der Waals surface area (Å²) < 4.78 is 0. The molecular weight excluding hydrogens is 264 g/mol. The van der Waals surface area contributed by atoms with E-state index in [1.54, 1.807) is 12.2 Å². The van der Waals surface area contributed by atoms with Crippen LogP contribution in [0.15, 0.2) is 30.4 Å². The van der Waals surface area contributed by atoms with Crippen molar-refractivity contribution >= 4 is 12.0 Å². The summed E-state index contributed by atoms with van der Waals surface area (Å²) in [6.45, 7) is 4.51. The van der Waals surface area contributed by atoms with E-state index in [1.165, 1.54) is 22.3 Å². The average molecular weight is 286 g/mol. The Hall–Kier alpha value is -1.87. The summed E-state index contributed by atoms with van der Waals surface area (Å²) in [6.07, 6.45) is 8.36. The molecule has 1 aromatic rings. The molecule has 1 aliphatic rings. The lowest BCUT2D eigenvalue weighted by molar-refractivity contribution is -0.131. The van der Waals surface area contributed by atoms with Crippen molar-refractivity contribution in [2.24, 2.45) is 5.92 Å². The second-order valence-corrected chi connectivity index (χ2v) is 5.81.